The number of ether oxygens (including phenoxy) is 3. The molecule has 0 radical (unpaired) electrons. The summed E-state index contributed by atoms with van der Waals surface area (Å²) < 4.78 is 50.1. The molecule has 0 aliphatic rings. The van der Waals surface area contributed by atoms with Crippen molar-refractivity contribution in [2.24, 2.45) is 0 Å². The summed E-state index contributed by atoms with van der Waals surface area (Å²) in [6, 6.07) is 3.82. The van der Waals surface area contributed by atoms with Crippen LogP contribution in [-0.4, -0.2) is 30.5 Å². The van der Waals surface area contributed by atoms with Gasteiger partial charge < -0.3 is 19.2 Å². The fourth-order valence-corrected chi connectivity index (χ4v) is 1.64. The number of methoxy groups -OCH3 is 2. The number of hydrogen-bond acceptors (Lipinski definition) is 4. The summed E-state index contributed by atoms with van der Waals surface area (Å²) in [6.07, 6.45) is -5.43. The Balaban J connectivity index is 2.33. The number of fused-ring (bicyclic) bond motifs is 1. The van der Waals surface area contributed by atoms with E-state index in [-0.39, 0.29) is 5.75 Å². The maximum atomic E-state index is 12.1. The molecule has 2 rings (SSSR count). The Labute approximate surface area is 106 Å². The lowest BCUT2D eigenvalue weighted by molar-refractivity contribution is -0.274. The molecule has 0 saturated carbocycles. The van der Waals surface area contributed by atoms with Gasteiger partial charge in [0.05, 0.1) is 11.0 Å². The molecule has 0 amide bonds. The largest absolute Gasteiger partial charge is 0.573 e. The lowest BCUT2D eigenvalue weighted by atomic mass is 10.3. The van der Waals surface area contributed by atoms with Gasteiger partial charge in [-0.25, -0.2) is 4.98 Å². The van der Waals surface area contributed by atoms with Gasteiger partial charge in [-0.1, -0.05) is 0 Å². The first-order valence-electron chi connectivity index (χ1n) is 5.24. The average Bonchev–Trinajstić information content (AvgIpc) is 2.71. The standard InChI is InChI=1S/C11H11F3N2O3/c1-17-10(18-2)9-15-7-4-3-6(5-8(7)16-9)19-11(12,13)14/h3-5,10H,1-2H3,(H,15,16). The Morgan fingerprint density at radius 2 is 1.89 bits per heavy atom. The van der Waals surface area contributed by atoms with E-state index in [1.807, 2.05) is 0 Å². The number of benzene rings is 1. The maximum Gasteiger partial charge on any atom is 0.573 e. The van der Waals surface area contributed by atoms with E-state index >= 15 is 0 Å². The number of aromatic amines is 1. The molecular formula is C11H11F3N2O3. The summed E-state index contributed by atoms with van der Waals surface area (Å²) in [4.78, 5) is 6.97. The quantitative estimate of drug-likeness (QED) is 0.872. The van der Waals surface area contributed by atoms with Crippen LogP contribution in [0, 0.1) is 0 Å². The monoisotopic (exact) mass is 276 g/mol. The Morgan fingerprint density at radius 1 is 1.21 bits per heavy atom. The molecule has 0 saturated heterocycles. The molecule has 19 heavy (non-hydrogen) atoms. The zero-order valence-corrected chi connectivity index (χ0v) is 10.1. The van der Waals surface area contributed by atoms with Crippen LogP contribution in [0.5, 0.6) is 5.75 Å². The minimum absolute atomic E-state index is 0.318. The van der Waals surface area contributed by atoms with Crippen molar-refractivity contribution in [2.75, 3.05) is 14.2 Å². The number of halogens is 3. The molecule has 1 aromatic heterocycles. The Bertz CT molecular complexity index is 564. The predicted molar refractivity (Wildman–Crippen MR) is 59.5 cm³/mol. The van der Waals surface area contributed by atoms with Crippen molar-refractivity contribution in [1.82, 2.24) is 9.97 Å². The van der Waals surface area contributed by atoms with E-state index < -0.39 is 12.7 Å². The van der Waals surface area contributed by atoms with E-state index in [0.29, 0.717) is 16.9 Å². The molecule has 1 N–H and O–H groups in total. The molecule has 2 aromatic rings. The topological polar surface area (TPSA) is 56.4 Å². The molecule has 0 atom stereocenters. The fourth-order valence-electron chi connectivity index (χ4n) is 1.64. The van der Waals surface area contributed by atoms with Gasteiger partial charge >= 0.3 is 6.36 Å². The molecule has 1 heterocycles. The van der Waals surface area contributed by atoms with E-state index in [9.17, 15) is 13.2 Å². The number of rotatable bonds is 4. The zero-order valence-electron chi connectivity index (χ0n) is 10.1. The molecule has 104 valence electrons. The summed E-state index contributed by atoms with van der Waals surface area (Å²) in [5, 5.41) is 0. The van der Waals surface area contributed by atoms with Crippen molar-refractivity contribution >= 4 is 11.0 Å². The first kappa shape index (κ1) is 13.6. The first-order chi connectivity index (χ1) is 8.93. The van der Waals surface area contributed by atoms with E-state index in [2.05, 4.69) is 14.7 Å². The minimum atomic E-state index is -4.72. The number of H-pyrrole nitrogens is 1. The second-order valence-electron chi connectivity index (χ2n) is 3.65. The van der Waals surface area contributed by atoms with Gasteiger partial charge in [-0.2, -0.15) is 0 Å². The first-order valence-corrected chi connectivity index (χ1v) is 5.24. The molecule has 8 heteroatoms. The lowest BCUT2D eigenvalue weighted by Crippen LogP contribution is -2.16. The highest BCUT2D eigenvalue weighted by molar-refractivity contribution is 5.76. The number of hydrogen-bond donors (Lipinski definition) is 1. The summed E-state index contributed by atoms with van der Waals surface area (Å²) in [6.45, 7) is 0. The zero-order chi connectivity index (χ0) is 14.0. The third kappa shape index (κ3) is 3.15. The summed E-state index contributed by atoms with van der Waals surface area (Å²) in [5.74, 6) is 0.0470. The van der Waals surface area contributed by atoms with Crippen molar-refractivity contribution < 1.29 is 27.4 Å². The molecule has 0 aliphatic heterocycles. The van der Waals surface area contributed by atoms with Gasteiger partial charge in [0.1, 0.15) is 5.75 Å². The second-order valence-corrected chi connectivity index (χ2v) is 3.65. The molecule has 0 unspecified atom stereocenters. The summed E-state index contributed by atoms with van der Waals surface area (Å²) in [7, 11) is 2.86. The van der Waals surface area contributed by atoms with Gasteiger partial charge in [0, 0.05) is 20.3 Å². The molecule has 1 aromatic carbocycles. The highest BCUT2D eigenvalue weighted by atomic mass is 19.4. The molecule has 0 fully saturated rings. The normalized spacial score (nSPS) is 12.3. The van der Waals surface area contributed by atoms with E-state index in [4.69, 9.17) is 9.47 Å². The van der Waals surface area contributed by atoms with Crippen LogP contribution in [0.15, 0.2) is 18.2 Å². The molecule has 0 spiro atoms. The third-order valence-electron chi connectivity index (χ3n) is 2.36. The Kier molecular flexibility index (Phi) is 3.63. The van der Waals surface area contributed by atoms with Gasteiger partial charge in [0.25, 0.3) is 0 Å². The van der Waals surface area contributed by atoms with Crippen molar-refractivity contribution in [2.45, 2.75) is 12.7 Å². The SMILES string of the molecule is COC(OC)c1nc2ccc(OC(F)(F)F)cc2[nH]1. The highest BCUT2D eigenvalue weighted by Gasteiger charge is 2.31. The summed E-state index contributed by atoms with van der Waals surface area (Å²) >= 11 is 0. The van der Waals surface area contributed by atoms with Crippen LogP contribution in [0.3, 0.4) is 0 Å². The average molecular weight is 276 g/mol. The van der Waals surface area contributed by atoms with Crippen molar-refractivity contribution in [1.29, 1.82) is 0 Å². The van der Waals surface area contributed by atoms with Gasteiger partial charge in [-0.3, -0.25) is 0 Å². The van der Waals surface area contributed by atoms with Crippen molar-refractivity contribution in [3.8, 4) is 5.75 Å². The van der Waals surface area contributed by atoms with E-state index in [0.717, 1.165) is 0 Å². The Hall–Kier alpha value is -1.80. The van der Waals surface area contributed by atoms with Crippen LogP contribution in [-0.2, 0) is 9.47 Å². The van der Waals surface area contributed by atoms with Crippen LogP contribution < -0.4 is 4.74 Å². The number of imidazole rings is 1. The fraction of sp³-hybridized carbons (Fsp3) is 0.364. The third-order valence-corrected chi connectivity index (χ3v) is 2.36. The smallest absolute Gasteiger partial charge is 0.406 e. The van der Waals surface area contributed by atoms with E-state index in [1.54, 1.807) is 0 Å². The van der Waals surface area contributed by atoms with E-state index in [1.165, 1.54) is 32.4 Å². The van der Waals surface area contributed by atoms with Crippen LogP contribution in [0.25, 0.3) is 11.0 Å². The summed E-state index contributed by atoms with van der Waals surface area (Å²) in [5.41, 5.74) is 0.888. The minimum Gasteiger partial charge on any atom is -0.406 e. The van der Waals surface area contributed by atoms with Crippen LogP contribution >= 0.6 is 0 Å². The van der Waals surface area contributed by atoms with Crippen LogP contribution in [0.2, 0.25) is 0 Å². The second kappa shape index (κ2) is 5.06. The number of alkyl halides is 3. The highest BCUT2D eigenvalue weighted by Crippen LogP contribution is 2.26. The van der Waals surface area contributed by atoms with Crippen LogP contribution in [0.1, 0.15) is 12.1 Å². The molecule has 0 bridgehead atoms. The number of aromatic nitrogens is 2. The van der Waals surface area contributed by atoms with Gasteiger partial charge in [0.2, 0.25) is 6.29 Å². The maximum absolute atomic E-state index is 12.1. The van der Waals surface area contributed by atoms with Crippen molar-refractivity contribution in [3.63, 3.8) is 0 Å². The van der Waals surface area contributed by atoms with Gasteiger partial charge in [0.15, 0.2) is 5.82 Å². The van der Waals surface area contributed by atoms with Gasteiger partial charge in [-0.05, 0) is 12.1 Å². The van der Waals surface area contributed by atoms with Crippen LogP contribution in [0.4, 0.5) is 13.2 Å². The molecule has 5 nitrogen and oxygen atoms in total. The van der Waals surface area contributed by atoms with Crippen molar-refractivity contribution in [3.05, 3.63) is 24.0 Å². The number of nitrogens with one attached hydrogen (secondary N) is 1. The molecular weight excluding hydrogens is 265 g/mol. The number of nitrogens with zero attached hydrogens (tertiary/aromatic N) is 1. The lowest BCUT2D eigenvalue weighted by Gasteiger charge is -2.09. The van der Waals surface area contributed by atoms with Gasteiger partial charge in [-0.15, -0.1) is 13.2 Å². The Morgan fingerprint density at radius 3 is 2.47 bits per heavy atom. The molecule has 0 aliphatic carbocycles. The predicted octanol–water partition coefficient (Wildman–Crippen LogP) is 2.75.